The van der Waals surface area contributed by atoms with Crippen LogP contribution in [0.4, 0.5) is 5.69 Å². The Hall–Kier alpha value is -3.86. The maximum Gasteiger partial charge on any atom is 0.264 e. The fourth-order valence-corrected chi connectivity index (χ4v) is 6.95. The van der Waals surface area contributed by atoms with Crippen molar-refractivity contribution in [3.05, 3.63) is 124 Å². The molecule has 4 aromatic rings. The molecule has 4 rings (SSSR count). The number of halogens is 2. The van der Waals surface area contributed by atoms with Crippen molar-refractivity contribution in [2.75, 3.05) is 17.5 Å². The first-order chi connectivity index (χ1) is 22.5. The number of sulfonamides is 1. The Balaban J connectivity index is 1.81. The van der Waals surface area contributed by atoms with Crippen LogP contribution in [-0.2, 0) is 32.6 Å². The lowest BCUT2D eigenvalue weighted by Gasteiger charge is -2.34. The smallest absolute Gasteiger partial charge is 0.264 e. The second-order valence-electron chi connectivity index (χ2n) is 11.1. The van der Waals surface area contributed by atoms with Crippen LogP contribution in [0.15, 0.2) is 112 Å². The van der Waals surface area contributed by atoms with Gasteiger partial charge in [0, 0.05) is 28.5 Å². The van der Waals surface area contributed by atoms with Gasteiger partial charge >= 0.3 is 0 Å². The summed E-state index contributed by atoms with van der Waals surface area (Å²) in [6.45, 7) is 5.68. The molecule has 0 saturated heterocycles. The summed E-state index contributed by atoms with van der Waals surface area (Å²) in [5.41, 5.74) is 1.90. The molecule has 0 unspecified atom stereocenters. The molecule has 2 atom stereocenters. The number of hydrogen-bond donors (Lipinski definition) is 1. The highest BCUT2D eigenvalue weighted by Gasteiger charge is 2.35. The zero-order valence-electron chi connectivity index (χ0n) is 26.6. The molecule has 0 radical (unpaired) electrons. The molecule has 11 heteroatoms. The van der Waals surface area contributed by atoms with Crippen LogP contribution in [0.2, 0.25) is 5.02 Å². The number of ether oxygens (including phenoxy) is 1. The van der Waals surface area contributed by atoms with Crippen LogP contribution in [-0.4, -0.2) is 50.4 Å². The average Bonchev–Trinajstić information content (AvgIpc) is 3.06. The van der Waals surface area contributed by atoms with Crippen molar-refractivity contribution >= 4 is 55.1 Å². The van der Waals surface area contributed by atoms with Crippen LogP contribution >= 0.6 is 27.5 Å². The van der Waals surface area contributed by atoms with Gasteiger partial charge in [-0.15, -0.1) is 0 Å². The molecule has 0 aromatic heterocycles. The minimum absolute atomic E-state index is 0.0301. The lowest BCUT2D eigenvalue weighted by Crippen LogP contribution is -2.54. The molecule has 4 aromatic carbocycles. The molecule has 0 aliphatic heterocycles. The Bertz CT molecular complexity index is 1740. The Labute approximate surface area is 290 Å². The summed E-state index contributed by atoms with van der Waals surface area (Å²) in [5.74, 6) is -0.302. The highest BCUT2D eigenvalue weighted by molar-refractivity contribution is 9.10. The second-order valence-corrected chi connectivity index (χ2v) is 14.3. The number of rotatable bonds is 15. The number of carbonyl (C=O) groups excluding carboxylic acids is 2. The molecule has 0 spiro atoms. The van der Waals surface area contributed by atoms with E-state index in [1.807, 2.05) is 75.4 Å². The van der Waals surface area contributed by atoms with Crippen LogP contribution in [0.1, 0.15) is 38.3 Å². The molecule has 0 fully saturated rings. The van der Waals surface area contributed by atoms with Gasteiger partial charge in [0.15, 0.2) is 0 Å². The lowest BCUT2D eigenvalue weighted by molar-refractivity contribution is -0.140. The number of amides is 2. The van der Waals surface area contributed by atoms with Gasteiger partial charge in [0.2, 0.25) is 11.8 Å². The van der Waals surface area contributed by atoms with Crippen molar-refractivity contribution in [2.45, 2.75) is 57.1 Å². The molecule has 0 aliphatic carbocycles. The number of benzene rings is 4. The monoisotopic (exact) mass is 739 g/mol. The van der Waals surface area contributed by atoms with Crippen molar-refractivity contribution in [2.24, 2.45) is 0 Å². The number of hydrogen-bond acceptors (Lipinski definition) is 5. The summed E-state index contributed by atoms with van der Waals surface area (Å²) in [6.07, 6.45) is 0.935. The molecule has 0 saturated carbocycles. The Morgan fingerprint density at radius 3 is 2.17 bits per heavy atom. The van der Waals surface area contributed by atoms with Crippen molar-refractivity contribution in [3.8, 4) is 5.75 Å². The predicted octanol–water partition coefficient (Wildman–Crippen LogP) is 7.25. The van der Waals surface area contributed by atoms with Crippen molar-refractivity contribution in [3.63, 3.8) is 0 Å². The van der Waals surface area contributed by atoms with E-state index in [1.54, 1.807) is 24.3 Å². The Morgan fingerprint density at radius 2 is 1.55 bits per heavy atom. The van der Waals surface area contributed by atoms with Crippen molar-refractivity contribution in [1.82, 2.24) is 10.2 Å². The van der Waals surface area contributed by atoms with E-state index in [4.69, 9.17) is 16.3 Å². The SMILES string of the molecule is CCOc1ccc(N(CC(=O)N(Cc2cccc(Br)c2)[C@H](Cc2ccccc2)C(=O)N[C@H](C)CC)S(=O)(=O)c2ccc(Cl)cc2)cc1. The van der Waals surface area contributed by atoms with Gasteiger partial charge in [-0.05, 0) is 92.1 Å². The van der Waals surface area contributed by atoms with Gasteiger partial charge in [-0.1, -0.05) is 76.9 Å². The van der Waals surface area contributed by atoms with Gasteiger partial charge in [-0.25, -0.2) is 8.42 Å². The van der Waals surface area contributed by atoms with Crippen LogP contribution < -0.4 is 14.4 Å². The molecule has 0 bridgehead atoms. The van der Waals surface area contributed by atoms with Crippen molar-refractivity contribution < 1.29 is 22.7 Å². The zero-order chi connectivity index (χ0) is 34.0. The van der Waals surface area contributed by atoms with Crippen LogP contribution in [0.25, 0.3) is 0 Å². The van der Waals surface area contributed by atoms with E-state index >= 15 is 0 Å². The number of carbonyl (C=O) groups is 2. The lowest BCUT2D eigenvalue weighted by atomic mass is 10.0. The third-order valence-corrected chi connectivity index (χ3v) is 10.2. The van der Waals surface area contributed by atoms with E-state index in [-0.39, 0.29) is 35.5 Å². The highest BCUT2D eigenvalue weighted by atomic mass is 79.9. The van der Waals surface area contributed by atoms with E-state index in [9.17, 15) is 18.0 Å². The summed E-state index contributed by atoms with van der Waals surface area (Å²) in [5, 5.41) is 3.43. The second kappa shape index (κ2) is 16.8. The fraction of sp³-hybridized carbons (Fsp3) is 0.278. The molecule has 0 aliphatic rings. The van der Waals surface area contributed by atoms with Gasteiger partial charge in [-0.3, -0.25) is 13.9 Å². The molecule has 1 N–H and O–H groups in total. The van der Waals surface area contributed by atoms with Crippen LogP contribution in [0.5, 0.6) is 5.75 Å². The normalized spacial score (nSPS) is 12.5. The first-order valence-corrected chi connectivity index (χ1v) is 18.0. The largest absolute Gasteiger partial charge is 0.494 e. The third-order valence-electron chi connectivity index (χ3n) is 7.63. The predicted molar refractivity (Wildman–Crippen MR) is 190 cm³/mol. The minimum Gasteiger partial charge on any atom is -0.494 e. The quantitative estimate of drug-likeness (QED) is 0.139. The molecule has 47 heavy (non-hydrogen) atoms. The standard InChI is InChI=1S/C36H39BrClN3O5S/c1-4-26(3)39-36(43)34(23-27-10-7-6-8-11-27)40(24-28-12-9-13-29(37)22-28)35(42)25-41(31-16-18-32(19-17-31)46-5-2)47(44,45)33-20-14-30(38)15-21-33/h6-22,26,34H,4-5,23-25H2,1-3H3,(H,39,43)/t26-,34-/m1/s1. The van der Waals surface area contributed by atoms with E-state index in [1.165, 1.54) is 29.2 Å². The maximum absolute atomic E-state index is 14.6. The molecule has 8 nitrogen and oxygen atoms in total. The number of nitrogens with one attached hydrogen (secondary N) is 1. The molecule has 248 valence electrons. The third kappa shape index (κ3) is 9.82. The van der Waals surface area contributed by atoms with Gasteiger partial charge in [0.1, 0.15) is 18.3 Å². The maximum atomic E-state index is 14.6. The zero-order valence-corrected chi connectivity index (χ0v) is 29.8. The van der Waals surface area contributed by atoms with Gasteiger partial charge < -0.3 is 15.0 Å². The summed E-state index contributed by atoms with van der Waals surface area (Å²) in [7, 11) is -4.25. The number of nitrogens with zero attached hydrogens (tertiary/aromatic N) is 2. The minimum atomic E-state index is -4.25. The molecule has 0 heterocycles. The Morgan fingerprint density at radius 1 is 0.894 bits per heavy atom. The summed E-state index contributed by atoms with van der Waals surface area (Å²) in [4.78, 5) is 30.0. The number of anilines is 1. The van der Waals surface area contributed by atoms with E-state index < -0.39 is 28.5 Å². The first kappa shape index (κ1) is 36.0. The molecular formula is C36H39BrClN3O5S. The first-order valence-electron chi connectivity index (χ1n) is 15.4. The van der Waals surface area contributed by atoms with E-state index in [0.29, 0.717) is 23.8 Å². The highest BCUT2D eigenvalue weighted by Crippen LogP contribution is 2.28. The molecular weight excluding hydrogens is 702 g/mol. The summed E-state index contributed by atoms with van der Waals surface area (Å²) < 4.78 is 35.8. The average molecular weight is 741 g/mol. The van der Waals surface area contributed by atoms with Gasteiger partial charge in [0.05, 0.1) is 17.2 Å². The van der Waals surface area contributed by atoms with E-state index in [0.717, 1.165) is 19.9 Å². The van der Waals surface area contributed by atoms with E-state index in [2.05, 4.69) is 21.2 Å². The topological polar surface area (TPSA) is 96.0 Å². The molecule has 2 amide bonds. The fourth-order valence-electron chi connectivity index (χ4n) is 4.96. The summed E-state index contributed by atoms with van der Waals surface area (Å²) >= 11 is 9.58. The van der Waals surface area contributed by atoms with Crippen molar-refractivity contribution in [1.29, 1.82) is 0 Å². The Kier molecular flexibility index (Phi) is 12.9. The van der Waals surface area contributed by atoms with Crippen LogP contribution in [0, 0.1) is 0 Å². The van der Waals surface area contributed by atoms with Gasteiger partial charge in [0.25, 0.3) is 10.0 Å². The van der Waals surface area contributed by atoms with Gasteiger partial charge in [-0.2, -0.15) is 0 Å². The summed E-state index contributed by atoms with van der Waals surface area (Å²) in [6, 6.07) is 28.2. The van der Waals surface area contributed by atoms with Crippen LogP contribution in [0.3, 0.4) is 0 Å².